The second-order valence-electron chi connectivity index (χ2n) is 5.62. The molecule has 0 saturated heterocycles. The molecule has 2 aromatic rings. The molecule has 0 aliphatic rings. The van der Waals surface area contributed by atoms with Crippen LogP contribution in [0, 0.1) is 10.1 Å². The predicted molar refractivity (Wildman–Crippen MR) is 97.4 cm³/mol. The van der Waals surface area contributed by atoms with Crippen molar-refractivity contribution in [2.24, 2.45) is 0 Å². The number of hydrogen-bond donors (Lipinski definition) is 1. The molecule has 0 unspecified atom stereocenters. The van der Waals surface area contributed by atoms with E-state index in [0.29, 0.717) is 5.69 Å². The molecule has 0 heterocycles. The molecule has 9 heteroatoms. The molecule has 8 nitrogen and oxygen atoms in total. The number of aryl methyl sites for hydroxylation is 1. The lowest BCUT2D eigenvalue weighted by Crippen LogP contribution is -2.35. The Morgan fingerprint density at radius 2 is 1.88 bits per heavy atom. The van der Waals surface area contributed by atoms with Crippen molar-refractivity contribution in [1.82, 2.24) is 4.31 Å². The summed E-state index contributed by atoms with van der Waals surface area (Å²) in [6.45, 7) is 1.57. The van der Waals surface area contributed by atoms with Gasteiger partial charge >= 0.3 is 0 Å². The van der Waals surface area contributed by atoms with Gasteiger partial charge < -0.3 is 5.32 Å². The highest BCUT2D eigenvalue weighted by atomic mass is 32.2. The SMILES string of the molecule is CCc1cccc(NC(=O)CN(C)S(=O)(=O)c2cccc([N+](=O)[O-])c2)c1. The molecule has 1 amide bonds. The van der Waals surface area contributed by atoms with Crippen molar-refractivity contribution < 1.29 is 18.1 Å². The maximum absolute atomic E-state index is 12.5. The van der Waals surface area contributed by atoms with Crippen molar-refractivity contribution in [1.29, 1.82) is 0 Å². The summed E-state index contributed by atoms with van der Waals surface area (Å²) in [7, 11) is -2.78. The Labute approximate surface area is 151 Å². The number of nitro benzene ring substituents is 1. The fourth-order valence-electron chi connectivity index (χ4n) is 2.29. The van der Waals surface area contributed by atoms with Gasteiger partial charge in [-0.2, -0.15) is 4.31 Å². The summed E-state index contributed by atoms with van der Waals surface area (Å²) in [6, 6.07) is 12.0. The van der Waals surface area contributed by atoms with Crippen LogP contribution in [0.25, 0.3) is 0 Å². The van der Waals surface area contributed by atoms with Crippen LogP contribution in [0.3, 0.4) is 0 Å². The molecule has 1 N–H and O–H groups in total. The van der Waals surface area contributed by atoms with Crippen molar-refractivity contribution in [2.45, 2.75) is 18.2 Å². The van der Waals surface area contributed by atoms with Gasteiger partial charge in [-0.3, -0.25) is 14.9 Å². The molecular weight excluding hydrogens is 358 g/mol. The summed E-state index contributed by atoms with van der Waals surface area (Å²) >= 11 is 0. The van der Waals surface area contributed by atoms with Gasteiger partial charge in [-0.1, -0.05) is 25.1 Å². The van der Waals surface area contributed by atoms with Crippen molar-refractivity contribution in [2.75, 3.05) is 18.9 Å². The van der Waals surface area contributed by atoms with E-state index >= 15 is 0 Å². The summed E-state index contributed by atoms with van der Waals surface area (Å²) in [6.07, 6.45) is 0.810. The Morgan fingerprint density at radius 3 is 2.54 bits per heavy atom. The van der Waals surface area contributed by atoms with Crippen LogP contribution < -0.4 is 5.32 Å². The molecule has 0 bridgehead atoms. The number of rotatable bonds is 7. The monoisotopic (exact) mass is 377 g/mol. The first-order chi connectivity index (χ1) is 12.2. The van der Waals surface area contributed by atoms with Crippen molar-refractivity contribution in [3.8, 4) is 0 Å². The standard InChI is InChI=1S/C17H19N3O5S/c1-3-13-6-4-7-14(10-13)18-17(21)12-19(2)26(24,25)16-9-5-8-15(11-16)20(22)23/h4-11H,3,12H2,1-2H3,(H,18,21). The normalized spacial score (nSPS) is 11.3. The minimum Gasteiger partial charge on any atom is -0.325 e. The number of nitrogens with zero attached hydrogens (tertiary/aromatic N) is 2. The Morgan fingerprint density at radius 1 is 1.19 bits per heavy atom. The largest absolute Gasteiger partial charge is 0.325 e. The van der Waals surface area contributed by atoms with E-state index in [0.717, 1.165) is 22.4 Å². The van der Waals surface area contributed by atoms with Crippen LogP contribution in [0.5, 0.6) is 0 Å². The van der Waals surface area contributed by atoms with E-state index in [9.17, 15) is 23.3 Å². The van der Waals surface area contributed by atoms with Crippen LogP contribution >= 0.6 is 0 Å². The van der Waals surface area contributed by atoms with E-state index in [1.165, 1.54) is 25.2 Å². The summed E-state index contributed by atoms with van der Waals surface area (Å²) in [5, 5.41) is 13.5. The number of anilines is 1. The molecule has 0 radical (unpaired) electrons. The van der Waals surface area contributed by atoms with Gasteiger partial charge in [0, 0.05) is 24.9 Å². The van der Waals surface area contributed by atoms with Gasteiger partial charge in [-0.05, 0) is 30.2 Å². The number of sulfonamides is 1. The van der Waals surface area contributed by atoms with Crippen LogP contribution in [0.2, 0.25) is 0 Å². The van der Waals surface area contributed by atoms with Gasteiger partial charge in [-0.15, -0.1) is 0 Å². The number of carbonyl (C=O) groups is 1. The number of nitrogens with one attached hydrogen (secondary N) is 1. The number of hydrogen-bond acceptors (Lipinski definition) is 5. The van der Waals surface area contributed by atoms with Gasteiger partial charge in [0.05, 0.1) is 16.4 Å². The Hall–Kier alpha value is -2.78. The lowest BCUT2D eigenvalue weighted by atomic mass is 10.1. The number of amides is 1. The van der Waals surface area contributed by atoms with E-state index in [1.807, 2.05) is 19.1 Å². The molecule has 138 valence electrons. The third kappa shape index (κ3) is 4.64. The molecule has 0 aliphatic heterocycles. The second kappa shape index (κ2) is 8.07. The molecular formula is C17H19N3O5S. The lowest BCUT2D eigenvalue weighted by Gasteiger charge is -2.17. The van der Waals surface area contributed by atoms with E-state index in [1.54, 1.807) is 12.1 Å². The summed E-state index contributed by atoms with van der Waals surface area (Å²) < 4.78 is 25.9. The number of carbonyl (C=O) groups excluding carboxylic acids is 1. The van der Waals surface area contributed by atoms with Crippen LogP contribution in [-0.2, 0) is 21.2 Å². The van der Waals surface area contributed by atoms with Gasteiger partial charge in [0.2, 0.25) is 15.9 Å². The van der Waals surface area contributed by atoms with Crippen molar-refractivity contribution in [3.05, 3.63) is 64.2 Å². The van der Waals surface area contributed by atoms with Crippen LogP contribution in [-0.4, -0.2) is 37.1 Å². The first-order valence-corrected chi connectivity index (χ1v) is 9.27. The lowest BCUT2D eigenvalue weighted by molar-refractivity contribution is -0.385. The number of nitro groups is 1. The topological polar surface area (TPSA) is 110 Å². The maximum Gasteiger partial charge on any atom is 0.270 e. The highest BCUT2D eigenvalue weighted by Crippen LogP contribution is 2.20. The van der Waals surface area contributed by atoms with Crippen molar-refractivity contribution in [3.63, 3.8) is 0 Å². The first-order valence-electron chi connectivity index (χ1n) is 7.83. The minimum absolute atomic E-state index is 0.241. The van der Waals surface area contributed by atoms with Gasteiger partial charge in [0.15, 0.2) is 0 Å². The minimum atomic E-state index is -4.03. The summed E-state index contributed by atoms with van der Waals surface area (Å²) in [4.78, 5) is 22.1. The highest BCUT2D eigenvalue weighted by molar-refractivity contribution is 7.89. The molecule has 0 fully saturated rings. The Balaban J connectivity index is 2.12. The predicted octanol–water partition coefficient (Wildman–Crippen LogP) is 2.42. The van der Waals surface area contributed by atoms with Gasteiger partial charge in [-0.25, -0.2) is 8.42 Å². The molecule has 2 aromatic carbocycles. The fourth-order valence-corrected chi connectivity index (χ4v) is 3.46. The molecule has 0 atom stereocenters. The average Bonchev–Trinajstić information content (AvgIpc) is 2.61. The van der Waals surface area contributed by atoms with Crippen LogP contribution in [0.15, 0.2) is 53.4 Å². The third-order valence-electron chi connectivity index (χ3n) is 3.72. The summed E-state index contributed by atoms with van der Waals surface area (Å²) in [5.74, 6) is -0.505. The van der Waals surface area contributed by atoms with Crippen LogP contribution in [0.1, 0.15) is 12.5 Å². The smallest absolute Gasteiger partial charge is 0.270 e. The number of benzene rings is 2. The molecule has 0 aliphatic carbocycles. The number of likely N-dealkylation sites (N-methyl/N-ethyl adjacent to an activating group) is 1. The molecule has 0 saturated carbocycles. The van der Waals surface area contributed by atoms with Gasteiger partial charge in [0.25, 0.3) is 5.69 Å². The zero-order valence-corrected chi connectivity index (χ0v) is 15.2. The zero-order valence-electron chi connectivity index (χ0n) is 14.4. The Bertz CT molecular complexity index is 928. The van der Waals surface area contributed by atoms with Crippen molar-refractivity contribution >= 4 is 27.3 Å². The Kier molecular flexibility index (Phi) is 6.06. The van der Waals surface area contributed by atoms with E-state index < -0.39 is 27.4 Å². The van der Waals surface area contributed by atoms with E-state index in [4.69, 9.17) is 0 Å². The maximum atomic E-state index is 12.5. The van der Waals surface area contributed by atoms with E-state index in [2.05, 4.69) is 5.32 Å². The quantitative estimate of drug-likeness (QED) is 0.589. The number of non-ortho nitro benzene ring substituents is 1. The fraction of sp³-hybridized carbons (Fsp3) is 0.235. The second-order valence-corrected chi connectivity index (χ2v) is 7.66. The van der Waals surface area contributed by atoms with Crippen LogP contribution in [0.4, 0.5) is 11.4 Å². The third-order valence-corrected chi connectivity index (χ3v) is 5.52. The first kappa shape index (κ1) is 19.5. The molecule has 26 heavy (non-hydrogen) atoms. The summed E-state index contributed by atoms with van der Waals surface area (Å²) in [5.41, 5.74) is 1.29. The molecule has 0 aromatic heterocycles. The highest BCUT2D eigenvalue weighted by Gasteiger charge is 2.24. The van der Waals surface area contributed by atoms with E-state index in [-0.39, 0.29) is 10.6 Å². The molecule has 0 spiro atoms. The average molecular weight is 377 g/mol. The molecule has 2 rings (SSSR count). The zero-order chi connectivity index (χ0) is 19.3. The van der Waals surface area contributed by atoms with Gasteiger partial charge in [0.1, 0.15) is 0 Å².